The van der Waals surface area contributed by atoms with E-state index in [0.29, 0.717) is 17.6 Å². The fraction of sp³-hybridized carbons (Fsp3) is 0. The number of fused-ring (bicyclic) bond motifs is 11. The van der Waals surface area contributed by atoms with Gasteiger partial charge in [-0.15, -0.1) is 0 Å². The summed E-state index contributed by atoms with van der Waals surface area (Å²) in [6, 6.07) is 61.3. The van der Waals surface area contributed by atoms with Crippen molar-refractivity contribution in [2.45, 2.75) is 0 Å². The molecule has 0 bridgehead atoms. The monoisotopic (exact) mass is 741 g/mol. The molecule has 6 aromatic heterocycles. The van der Waals surface area contributed by atoms with E-state index in [1.54, 1.807) is 0 Å². The van der Waals surface area contributed by atoms with E-state index >= 15 is 0 Å². The van der Waals surface area contributed by atoms with Crippen LogP contribution in [0.25, 0.3) is 111 Å². The third kappa shape index (κ3) is 5.04. The fourth-order valence-corrected chi connectivity index (χ4v) is 8.60. The van der Waals surface area contributed by atoms with Crippen LogP contribution in [0.3, 0.4) is 0 Å². The lowest BCUT2D eigenvalue weighted by Gasteiger charge is -2.13. The summed E-state index contributed by atoms with van der Waals surface area (Å²) in [5, 5.41) is 7.01. The minimum atomic E-state index is 0.538. The molecule has 0 aliphatic carbocycles. The smallest absolute Gasteiger partial charge is 0.238 e. The molecule has 0 radical (unpaired) electrons. The highest BCUT2D eigenvalue weighted by atomic mass is 15.2. The standard InChI is InChI=1S/C51H31N7/c1-4-22-44-34(13-1)29-47-41-30-40-38-19-3-6-24-46(38)58(48(40)31-39(41)37-18-2-5-23-45(37)57(44)47)51-55-49(35-16-11-14-32(27-35)42-20-7-9-25-52-42)54-50(56-51)36-17-12-15-33(28-36)43-21-8-10-26-53-43/h1-31H. The van der Waals surface area contributed by atoms with Gasteiger partial charge in [0.05, 0.1) is 39.0 Å². The van der Waals surface area contributed by atoms with Gasteiger partial charge in [-0.05, 0) is 78.2 Å². The average Bonchev–Trinajstić information content (AvgIpc) is 3.85. The predicted molar refractivity (Wildman–Crippen MR) is 235 cm³/mol. The van der Waals surface area contributed by atoms with Crippen LogP contribution in [0.15, 0.2) is 188 Å². The second-order valence-corrected chi connectivity index (χ2v) is 14.6. The van der Waals surface area contributed by atoms with Crippen LogP contribution in [0.2, 0.25) is 0 Å². The molecule has 7 heteroatoms. The molecule has 270 valence electrons. The van der Waals surface area contributed by atoms with E-state index in [1.807, 2.05) is 60.9 Å². The van der Waals surface area contributed by atoms with Crippen molar-refractivity contribution in [1.82, 2.24) is 33.9 Å². The van der Waals surface area contributed by atoms with Crippen LogP contribution in [0.1, 0.15) is 0 Å². The first-order valence-corrected chi connectivity index (χ1v) is 19.3. The predicted octanol–water partition coefficient (Wildman–Crippen LogP) is 12.1. The van der Waals surface area contributed by atoms with Gasteiger partial charge >= 0.3 is 0 Å². The molecule has 0 atom stereocenters. The van der Waals surface area contributed by atoms with Crippen LogP contribution < -0.4 is 0 Å². The zero-order valence-electron chi connectivity index (χ0n) is 31.0. The topological polar surface area (TPSA) is 73.8 Å². The largest absolute Gasteiger partial charge is 0.309 e. The Morgan fingerprint density at radius 3 is 1.53 bits per heavy atom. The van der Waals surface area contributed by atoms with Crippen molar-refractivity contribution in [2.75, 3.05) is 0 Å². The van der Waals surface area contributed by atoms with Gasteiger partial charge in [0, 0.05) is 61.6 Å². The van der Waals surface area contributed by atoms with Gasteiger partial charge in [-0.1, -0.05) is 103 Å². The SMILES string of the molecule is c1ccc(-c2cccc(-c3nc(-c4cccc(-c5ccccn5)c4)nc(-n4c5ccccc5c5cc6c(cc54)c4ccccc4n4c5ccccc5cc64)n3)c2)nc1. The van der Waals surface area contributed by atoms with Gasteiger partial charge in [0.15, 0.2) is 11.6 Å². The average molecular weight is 742 g/mol. The number of aromatic nitrogens is 7. The van der Waals surface area contributed by atoms with Gasteiger partial charge in [0.1, 0.15) is 0 Å². The van der Waals surface area contributed by atoms with E-state index in [9.17, 15) is 0 Å². The third-order valence-electron chi connectivity index (χ3n) is 11.2. The third-order valence-corrected chi connectivity index (χ3v) is 11.2. The van der Waals surface area contributed by atoms with E-state index in [1.165, 1.54) is 38.1 Å². The van der Waals surface area contributed by atoms with E-state index in [-0.39, 0.29) is 0 Å². The molecule has 0 aliphatic rings. The lowest BCUT2D eigenvalue weighted by Crippen LogP contribution is -2.06. The molecule has 12 rings (SSSR count). The Kier molecular flexibility index (Phi) is 7.09. The van der Waals surface area contributed by atoms with Crippen LogP contribution in [-0.4, -0.2) is 33.9 Å². The second kappa shape index (κ2) is 12.8. The molecule has 0 amide bonds. The summed E-state index contributed by atoms with van der Waals surface area (Å²) in [6.45, 7) is 0. The summed E-state index contributed by atoms with van der Waals surface area (Å²) in [7, 11) is 0. The first kappa shape index (κ1) is 32.2. The number of benzene rings is 6. The van der Waals surface area contributed by atoms with E-state index in [0.717, 1.165) is 55.4 Å². The van der Waals surface area contributed by atoms with Gasteiger partial charge in [-0.25, -0.2) is 4.98 Å². The summed E-state index contributed by atoms with van der Waals surface area (Å²) in [6.07, 6.45) is 3.63. The van der Waals surface area contributed by atoms with Crippen molar-refractivity contribution in [3.63, 3.8) is 0 Å². The Morgan fingerprint density at radius 2 is 0.879 bits per heavy atom. The highest BCUT2D eigenvalue weighted by Crippen LogP contribution is 2.40. The Morgan fingerprint density at radius 1 is 0.328 bits per heavy atom. The summed E-state index contributed by atoms with van der Waals surface area (Å²) in [5.74, 6) is 1.68. The highest BCUT2D eigenvalue weighted by Gasteiger charge is 2.21. The van der Waals surface area contributed by atoms with E-state index in [4.69, 9.17) is 15.0 Å². The second-order valence-electron chi connectivity index (χ2n) is 14.6. The number of rotatable bonds is 5. The fourth-order valence-electron chi connectivity index (χ4n) is 8.60. The maximum Gasteiger partial charge on any atom is 0.238 e. The molecule has 0 aliphatic heterocycles. The molecule has 0 unspecified atom stereocenters. The summed E-state index contributed by atoms with van der Waals surface area (Å²) in [5.41, 5.74) is 11.1. The molecular formula is C51H31N7. The van der Waals surface area contributed by atoms with Gasteiger partial charge < -0.3 is 4.40 Å². The van der Waals surface area contributed by atoms with Crippen LogP contribution in [0.5, 0.6) is 0 Å². The molecular weight excluding hydrogens is 711 g/mol. The Hall–Kier alpha value is -8.03. The molecule has 0 saturated heterocycles. The molecule has 6 aromatic carbocycles. The number of nitrogens with zero attached hydrogens (tertiary/aromatic N) is 7. The van der Waals surface area contributed by atoms with Crippen LogP contribution in [-0.2, 0) is 0 Å². The molecule has 0 saturated carbocycles. The Labute approximate surface area is 332 Å². The molecule has 7 nitrogen and oxygen atoms in total. The van der Waals surface area contributed by atoms with Gasteiger partial charge in [-0.2, -0.15) is 9.97 Å². The molecule has 58 heavy (non-hydrogen) atoms. The lowest BCUT2D eigenvalue weighted by atomic mass is 10.0. The van der Waals surface area contributed by atoms with Crippen LogP contribution in [0.4, 0.5) is 0 Å². The molecule has 12 aromatic rings. The zero-order chi connectivity index (χ0) is 38.2. The number of para-hydroxylation sites is 3. The Balaban J connectivity index is 1.16. The van der Waals surface area contributed by atoms with Crippen molar-refractivity contribution < 1.29 is 0 Å². The first-order valence-electron chi connectivity index (χ1n) is 19.3. The van der Waals surface area contributed by atoms with Crippen molar-refractivity contribution in [3.8, 4) is 51.2 Å². The molecule has 0 N–H and O–H groups in total. The minimum Gasteiger partial charge on any atom is -0.309 e. The number of pyridine rings is 3. The van der Waals surface area contributed by atoms with Crippen molar-refractivity contribution in [1.29, 1.82) is 0 Å². The normalized spacial score (nSPS) is 11.8. The molecule has 0 spiro atoms. The van der Waals surface area contributed by atoms with Gasteiger partial charge in [-0.3, -0.25) is 14.5 Å². The van der Waals surface area contributed by atoms with Crippen LogP contribution in [0, 0.1) is 0 Å². The summed E-state index contributed by atoms with van der Waals surface area (Å²) >= 11 is 0. The van der Waals surface area contributed by atoms with E-state index in [2.05, 4.69) is 146 Å². The maximum atomic E-state index is 5.31. The summed E-state index contributed by atoms with van der Waals surface area (Å²) in [4.78, 5) is 25.1. The van der Waals surface area contributed by atoms with Crippen molar-refractivity contribution >= 4 is 59.9 Å². The maximum absolute atomic E-state index is 5.31. The Bertz CT molecular complexity index is 3470. The molecule has 0 fully saturated rings. The van der Waals surface area contributed by atoms with E-state index < -0.39 is 0 Å². The molecule has 6 heterocycles. The number of hydrogen-bond donors (Lipinski definition) is 0. The summed E-state index contributed by atoms with van der Waals surface area (Å²) < 4.78 is 4.61. The van der Waals surface area contributed by atoms with Crippen molar-refractivity contribution in [2.24, 2.45) is 0 Å². The highest BCUT2D eigenvalue weighted by molar-refractivity contribution is 6.22. The van der Waals surface area contributed by atoms with Gasteiger partial charge in [0.2, 0.25) is 5.95 Å². The minimum absolute atomic E-state index is 0.538. The first-order chi connectivity index (χ1) is 28.7. The quantitative estimate of drug-likeness (QED) is 0.164. The lowest BCUT2D eigenvalue weighted by molar-refractivity contribution is 0.954. The number of hydrogen-bond acceptors (Lipinski definition) is 5. The van der Waals surface area contributed by atoms with Crippen molar-refractivity contribution in [3.05, 3.63) is 188 Å². The zero-order valence-corrected chi connectivity index (χ0v) is 31.0. The van der Waals surface area contributed by atoms with Crippen LogP contribution >= 0.6 is 0 Å². The van der Waals surface area contributed by atoms with Gasteiger partial charge in [0.25, 0.3) is 0 Å².